The molecule has 0 unspecified atom stereocenters. The van der Waals surface area contributed by atoms with E-state index in [0.717, 1.165) is 44.9 Å². The summed E-state index contributed by atoms with van der Waals surface area (Å²) in [7, 11) is 0. The van der Waals surface area contributed by atoms with E-state index in [4.69, 9.17) is 4.74 Å². The number of amides is 2. The molecule has 0 saturated carbocycles. The van der Waals surface area contributed by atoms with Gasteiger partial charge in [-0.05, 0) is 44.5 Å². The predicted octanol–water partition coefficient (Wildman–Crippen LogP) is 3.50. The van der Waals surface area contributed by atoms with Crippen molar-refractivity contribution in [2.24, 2.45) is 0 Å². The van der Waals surface area contributed by atoms with Gasteiger partial charge in [-0.2, -0.15) is 0 Å². The molecule has 1 heterocycles. The van der Waals surface area contributed by atoms with Gasteiger partial charge in [-0.3, -0.25) is 0 Å². The molecule has 0 spiro atoms. The summed E-state index contributed by atoms with van der Waals surface area (Å²) in [4.78, 5) is 16.4. The van der Waals surface area contributed by atoms with E-state index in [9.17, 15) is 4.79 Å². The number of rotatable bonds is 7. The Morgan fingerprint density at radius 2 is 1.79 bits per heavy atom. The first kappa shape index (κ1) is 18.4. The molecule has 0 aromatic heterocycles. The molecule has 134 valence electrons. The second-order valence-electron chi connectivity index (χ2n) is 6.57. The third-order valence-electron chi connectivity index (χ3n) is 4.20. The van der Waals surface area contributed by atoms with Gasteiger partial charge < -0.3 is 19.9 Å². The Bertz CT molecular complexity index is 494. The molecular weight excluding hydrogens is 302 g/mol. The third-order valence-corrected chi connectivity index (χ3v) is 4.20. The Balaban J connectivity index is 1.76. The minimum Gasteiger partial charge on any atom is -0.491 e. The average Bonchev–Trinajstić information content (AvgIpc) is 2.59. The SMILES string of the molecule is CCCCCNC(=O)N1CCN(c2ccc(OC(C)C)cc2)CC1. The van der Waals surface area contributed by atoms with Gasteiger partial charge in [0.1, 0.15) is 5.75 Å². The summed E-state index contributed by atoms with van der Waals surface area (Å²) in [6.07, 6.45) is 3.60. The average molecular weight is 333 g/mol. The van der Waals surface area contributed by atoms with Crippen LogP contribution < -0.4 is 15.0 Å². The molecule has 0 bridgehead atoms. The van der Waals surface area contributed by atoms with E-state index in [1.807, 2.05) is 30.9 Å². The number of piperazine rings is 1. The molecule has 0 aliphatic carbocycles. The number of hydrogen-bond acceptors (Lipinski definition) is 3. The normalized spacial score (nSPS) is 14.8. The Kier molecular flexibility index (Phi) is 7.22. The van der Waals surface area contributed by atoms with Crippen molar-refractivity contribution in [1.82, 2.24) is 10.2 Å². The first-order chi connectivity index (χ1) is 11.6. The molecule has 0 atom stereocenters. The molecule has 1 N–H and O–H groups in total. The first-order valence-corrected chi connectivity index (χ1v) is 9.14. The number of unbranched alkanes of at least 4 members (excludes halogenated alkanes) is 2. The Morgan fingerprint density at radius 1 is 1.12 bits per heavy atom. The topological polar surface area (TPSA) is 44.8 Å². The summed E-state index contributed by atoms with van der Waals surface area (Å²) in [5, 5.41) is 3.02. The van der Waals surface area contributed by atoms with Crippen LogP contribution in [0, 0.1) is 0 Å². The van der Waals surface area contributed by atoms with Crippen LogP contribution in [0.5, 0.6) is 5.75 Å². The molecule has 2 amide bonds. The van der Waals surface area contributed by atoms with Crippen LogP contribution >= 0.6 is 0 Å². The Labute approximate surface area is 146 Å². The lowest BCUT2D eigenvalue weighted by atomic mass is 10.2. The standard InChI is InChI=1S/C19H31N3O2/c1-4-5-6-11-20-19(23)22-14-12-21(13-15-22)17-7-9-18(10-8-17)24-16(2)3/h7-10,16H,4-6,11-15H2,1-3H3,(H,20,23). The van der Waals surface area contributed by atoms with Crippen LogP contribution in [0.15, 0.2) is 24.3 Å². The smallest absolute Gasteiger partial charge is 0.317 e. The zero-order valence-corrected chi connectivity index (χ0v) is 15.3. The minimum atomic E-state index is 0.0754. The van der Waals surface area contributed by atoms with Gasteiger partial charge in [0.2, 0.25) is 0 Å². The molecule has 1 saturated heterocycles. The quantitative estimate of drug-likeness (QED) is 0.777. The molecule has 5 heteroatoms. The minimum absolute atomic E-state index is 0.0754. The summed E-state index contributed by atoms with van der Waals surface area (Å²) < 4.78 is 5.68. The fraction of sp³-hybridized carbons (Fsp3) is 0.632. The second kappa shape index (κ2) is 9.40. The van der Waals surface area contributed by atoms with Gasteiger partial charge in [0.15, 0.2) is 0 Å². The molecule has 1 aromatic rings. The van der Waals surface area contributed by atoms with Crippen molar-refractivity contribution in [3.8, 4) is 5.75 Å². The van der Waals surface area contributed by atoms with Gasteiger partial charge in [0.25, 0.3) is 0 Å². The predicted molar refractivity (Wildman–Crippen MR) is 98.9 cm³/mol. The van der Waals surface area contributed by atoms with Crippen LogP contribution in [-0.2, 0) is 0 Å². The molecule has 5 nitrogen and oxygen atoms in total. The lowest BCUT2D eigenvalue weighted by Gasteiger charge is -2.36. The summed E-state index contributed by atoms with van der Waals surface area (Å²) in [5.41, 5.74) is 1.19. The maximum Gasteiger partial charge on any atom is 0.317 e. The molecule has 1 fully saturated rings. The fourth-order valence-corrected chi connectivity index (χ4v) is 2.86. The summed E-state index contributed by atoms with van der Waals surface area (Å²) in [6, 6.07) is 8.30. The monoisotopic (exact) mass is 333 g/mol. The molecule has 1 aliphatic rings. The van der Waals surface area contributed by atoms with Crippen molar-refractivity contribution < 1.29 is 9.53 Å². The molecule has 24 heavy (non-hydrogen) atoms. The van der Waals surface area contributed by atoms with Crippen LogP contribution in [0.25, 0.3) is 0 Å². The van der Waals surface area contributed by atoms with E-state index in [1.165, 1.54) is 18.5 Å². The van der Waals surface area contributed by atoms with E-state index in [2.05, 4.69) is 29.3 Å². The molecule has 0 radical (unpaired) electrons. The number of urea groups is 1. The zero-order valence-electron chi connectivity index (χ0n) is 15.3. The number of nitrogens with one attached hydrogen (secondary N) is 1. The van der Waals surface area contributed by atoms with E-state index in [-0.39, 0.29) is 12.1 Å². The Hall–Kier alpha value is -1.91. The van der Waals surface area contributed by atoms with Gasteiger partial charge in [0, 0.05) is 38.4 Å². The lowest BCUT2D eigenvalue weighted by molar-refractivity contribution is 0.194. The van der Waals surface area contributed by atoms with E-state index in [0.29, 0.717) is 0 Å². The van der Waals surface area contributed by atoms with Crippen molar-refractivity contribution in [3.63, 3.8) is 0 Å². The largest absolute Gasteiger partial charge is 0.491 e. The highest BCUT2D eigenvalue weighted by Crippen LogP contribution is 2.21. The molecular formula is C19H31N3O2. The Morgan fingerprint density at radius 3 is 2.38 bits per heavy atom. The zero-order chi connectivity index (χ0) is 17.4. The van der Waals surface area contributed by atoms with E-state index >= 15 is 0 Å². The number of anilines is 1. The van der Waals surface area contributed by atoms with Crippen LogP contribution in [0.2, 0.25) is 0 Å². The first-order valence-electron chi connectivity index (χ1n) is 9.14. The van der Waals surface area contributed by atoms with E-state index in [1.54, 1.807) is 0 Å². The van der Waals surface area contributed by atoms with Gasteiger partial charge in [0.05, 0.1) is 6.10 Å². The lowest BCUT2D eigenvalue weighted by Crippen LogP contribution is -2.52. The van der Waals surface area contributed by atoms with Crippen molar-refractivity contribution in [1.29, 1.82) is 0 Å². The van der Waals surface area contributed by atoms with Gasteiger partial charge in [-0.1, -0.05) is 19.8 Å². The van der Waals surface area contributed by atoms with Crippen LogP contribution in [-0.4, -0.2) is 49.8 Å². The van der Waals surface area contributed by atoms with Crippen molar-refractivity contribution in [3.05, 3.63) is 24.3 Å². The highest BCUT2D eigenvalue weighted by Gasteiger charge is 2.20. The van der Waals surface area contributed by atoms with Crippen LogP contribution in [0.3, 0.4) is 0 Å². The summed E-state index contributed by atoms with van der Waals surface area (Å²) >= 11 is 0. The molecule has 2 rings (SSSR count). The fourth-order valence-electron chi connectivity index (χ4n) is 2.86. The third kappa shape index (κ3) is 5.62. The van der Waals surface area contributed by atoms with E-state index < -0.39 is 0 Å². The molecule has 1 aliphatic heterocycles. The van der Waals surface area contributed by atoms with Crippen molar-refractivity contribution >= 4 is 11.7 Å². The van der Waals surface area contributed by atoms with Crippen LogP contribution in [0.1, 0.15) is 40.0 Å². The van der Waals surface area contributed by atoms with Gasteiger partial charge >= 0.3 is 6.03 Å². The number of nitrogens with zero attached hydrogens (tertiary/aromatic N) is 2. The number of carbonyl (C=O) groups excluding carboxylic acids is 1. The van der Waals surface area contributed by atoms with Gasteiger partial charge in [-0.15, -0.1) is 0 Å². The maximum atomic E-state index is 12.1. The number of hydrogen-bond donors (Lipinski definition) is 1. The van der Waals surface area contributed by atoms with Crippen molar-refractivity contribution in [2.75, 3.05) is 37.6 Å². The maximum absolute atomic E-state index is 12.1. The molecule has 1 aromatic carbocycles. The highest BCUT2D eigenvalue weighted by molar-refractivity contribution is 5.74. The summed E-state index contributed by atoms with van der Waals surface area (Å²) in [5.74, 6) is 0.902. The second-order valence-corrected chi connectivity index (χ2v) is 6.57. The van der Waals surface area contributed by atoms with Crippen molar-refractivity contribution in [2.45, 2.75) is 46.1 Å². The highest BCUT2D eigenvalue weighted by atomic mass is 16.5. The van der Waals surface area contributed by atoms with Gasteiger partial charge in [-0.25, -0.2) is 4.79 Å². The van der Waals surface area contributed by atoms with Crippen LogP contribution in [0.4, 0.5) is 10.5 Å². The number of benzene rings is 1. The number of carbonyl (C=O) groups is 1. The summed E-state index contributed by atoms with van der Waals surface area (Å²) in [6.45, 7) is 10.3. The number of ether oxygens (including phenoxy) is 1.